The Balaban J connectivity index is 2.08. The summed E-state index contributed by atoms with van der Waals surface area (Å²) in [5, 5.41) is 0. The Hall–Kier alpha value is -2.92. The molecule has 4 rings (SSSR count). The highest BCUT2D eigenvalue weighted by Gasteiger charge is 2.24. The van der Waals surface area contributed by atoms with Crippen molar-refractivity contribution in [1.82, 2.24) is 8.96 Å². The van der Waals surface area contributed by atoms with Crippen LogP contribution in [0.5, 0.6) is 0 Å². The molecule has 0 saturated carbocycles. The fourth-order valence-corrected chi connectivity index (χ4v) is 4.21. The van der Waals surface area contributed by atoms with Gasteiger partial charge in [0, 0.05) is 5.56 Å². The first-order valence-corrected chi connectivity index (χ1v) is 8.95. The maximum absolute atomic E-state index is 13.2. The van der Waals surface area contributed by atoms with Gasteiger partial charge in [0.2, 0.25) is 0 Å². The molecular weight excluding hydrogens is 320 g/mol. The summed E-state index contributed by atoms with van der Waals surface area (Å²) in [5.41, 5.74) is 1.98. The smallest absolute Gasteiger partial charge is 0.227 e. The lowest BCUT2D eigenvalue weighted by Gasteiger charge is -2.10. The number of nitrogens with zero attached hydrogens (tertiary/aromatic N) is 2. The predicted octanol–water partition coefficient (Wildman–Crippen LogP) is 3.94. The molecule has 0 bridgehead atoms. The van der Waals surface area contributed by atoms with Crippen molar-refractivity contribution in [3.63, 3.8) is 0 Å². The fraction of sp³-hybridized carbons (Fsp3) is 0. The lowest BCUT2D eigenvalue weighted by atomic mass is 10.2. The topological polar surface area (TPSA) is 52.0 Å². The summed E-state index contributed by atoms with van der Waals surface area (Å²) < 4.78 is 27.8. The van der Waals surface area contributed by atoms with Gasteiger partial charge >= 0.3 is 0 Å². The van der Waals surface area contributed by atoms with Gasteiger partial charge in [-0.1, -0.05) is 60.7 Å². The predicted molar refractivity (Wildman–Crippen MR) is 94.2 cm³/mol. The van der Waals surface area contributed by atoms with Crippen LogP contribution in [0.2, 0.25) is 0 Å². The normalized spacial score (nSPS) is 11.7. The Morgan fingerprint density at radius 3 is 2.00 bits per heavy atom. The first-order chi connectivity index (χ1) is 11.7. The van der Waals surface area contributed by atoms with Crippen LogP contribution in [0, 0.1) is 0 Å². The van der Waals surface area contributed by atoms with E-state index in [4.69, 9.17) is 0 Å². The van der Waals surface area contributed by atoms with Gasteiger partial charge in [0.05, 0.1) is 15.9 Å². The molecule has 0 aliphatic rings. The Morgan fingerprint density at radius 1 is 0.708 bits per heavy atom. The molecule has 118 valence electrons. The molecule has 0 fully saturated rings. The number of fused-ring (bicyclic) bond motifs is 1. The van der Waals surface area contributed by atoms with Crippen LogP contribution in [0.1, 0.15) is 0 Å². The molecule has 0 atom stereocenters. The van der Waals surface area contributed by atoms with E-state index in [2.05, 4.69) is 4.98 Å². The molecule has 0 radical (unpaired) electrons. The second kappa shape index (κ2) is 5.62. The second-order valence-corrected chi connectivity index (χ2v) is 7.16. The van der Waals surface area contributed by atoms with E-state index in [9.17, 15) is 8.42 Å². The summed E-state index contributed by atoms with van der Waals surface area (Å²) in [6.45, 7) is 0. The number of hydrogen-bond donors (Lipinski definition) is 0. The van der Waals surface area contributed by atoms with E-state index in [1.165, 1.54) is 3.97 Å². The monoisotopic (exact) mass is 334 g/mol. The van der Waals surface area contributed by atoms with E-state index < -0.39 is 10.0 Å². The van der Waals surface area contributed by atoms with Gasteiger partial charge in [-0.15, -0.1) is 0 Å². The Kier molecular flexibility index (Phi) is 3.43. The highest BCUT2D eigenvalue weighted by Crippen LogP contribution is 2.29. The third kappa shape index (κ3) is 2.30. The quantitative estimate of drug-likeness (QED) is 0.570. The number of aromatic nitrogens is 2. The van der Waals surface area contributed by atoms with E-state index in [1.807, 2.05) is 48.5 Å². The number of imidazole rings is 1. The molecule has 0 amide bonds. The molecular formula is C19H14N2O2S. The molecule has 1 heterocycles. The van der Waals surface area contributed by atoms with Crippen molar-refractivity contribution in [3.05, 3.63) is 84.9 Å². The summed E-state index contributed by atoms with van der Waals surface area (Å²) >= 11 is 0. The first-order valence-electron chi connectivity index (χ1n) is 7.51. The molecule has 4 nitrogen and oxygen atoms in total. The highest BCUT2D eigenvalue weighted by atomic mass is 32.2. The van der Waals surface area contributed by atoms with Crippen molar-refractivity contribution >= 4 is 21.1 Å². The van der Waals surface area contributed by atoms with Gasteiger partial charge in [0.15, 0.2) is 5.82 Å². The molecule has 24 heavy (non-hydrogen) atoms. The van der Waals surface area contributed by atoms with Crippen LogP contribution in [0.25, 0.3) is 22.4 Å². The molecule has 3 aromatic carbocycles. The lowest BCUT2D eigenvalue weighted by molar-refractivity contribution is 0.589. The number of hydrogen-bond acceptors (Lipinski definition) is 3. The van der Waals surface area contributed by atoms with Crippen LogP contribution < -0.4 is 0 Å². The van der Waals surface area contributed by atoms with Crippen LogP contribution in [0.4, 0.5) is 0 Å². The Labute approximate surface area is 140 Å². The van der Waals surface area contributed by atoms with Crippen molar-refractivity contribution in [2.75, 3.05) is 0 Å². The van der Waals surface area contributed by atoms with E-state index >= 15 is 0 Å². The molecule has 0 saturated heterocycles. The van der Waals surface area contributed by atoms with Crippen LogP contribution in [0.15, 0.2) is 89.8 Å². The van der Waals surface area contributed by atoms with Gasteiger partial charge in [-0.2, -0.15) is 0 Å². The molecule has 1 aromatic heterocycles. The molecule has 0 aliphatic carbocycles. The zero-order valence-corrected chi connectivity index (χ0v) is 13.5. The summed E-state index contributed by atoms with van der Waals surface area (Å²) in [4.78, 5) is 4.80. The van der Waals surface area contributed by atoms with Crippen LogP contribution in [0.3, 0.4) is 0 Å². The standard InChI is InChI=1S/C19H14N2O2S/c22-24(23,16-11-5-2-6-12-16)21-18-14-8-7-13-17(18)20-19(21)15-9-3-1-4-10-15/h1-14H. The zero-order chi connectivity index (χ0) is 16.6. The Bertz CT molecular complexity index is 1100. The molecule has 0 aliphatic heterocycles. The first kappa shape index (κ1) is 14.7. The largest absolute Gasteiger partial charge is 0.269 e. The van der Waals surface area contributed by atoms with E-state index in [-0.39, 0.29) is 4.90 Å². The summed E-state index contributed by atoms with van der Waals surface area (Å²) in [5.74, 6) is 0.417. The SMILES string of the molecule is O=S(=O)(c1ccccc1)n1c(-c2ccccc2)nc2ccccc21. The van der Waals surface area contributed by atoms with Gasteiger partial charge in [0.25, 0.3) is 10.0 Å². The summed E-state index contributed by atoms with van der Waals surface area (Å²) in [6.07, 6.45) is 0. The van der Waals surface area contributed by atoms with E-state index in [0.717, 1.165) is 5.56 Å². The van der Waals surface area contributed by atoms with E-state index in [0.29, 0.717) is 16.9 Å². The molecule has 4 aromatic rings. The minimum atomic E-state index is -3.75. The van der Waals surface area contributed by atoms with Crippen LogP contribution in [-0.4, -0.2) is 17.4 Å². The van der Waals surface area contributed by atoms with Gasteiger partial charge in [-0.05, 0) is 24.3 Å². The zero-order valence-electron chi connectivity index (χ0n) is 12.7. The minimum absolute atomic E-state index is 0.241. The van der Waals surface area contributed by atoms with Gasteiger partial charge in [0.1, 0.15) is 0 Å². The summed E-state index contributed by atoms with van der Waals surface area (Å²) in [6, 6.07) is 25.0. The minimum Gasteiger partial charge on any atom is -0.227 e. The second-order valence-electron chi connectivity index (χ2n) is 5.37. The number of benzene rings is 3. The fourth-order valence-electron chi connectivity index (χ4n) is 2.71. The van der Waals surface area contributed by atoms with Gasteiger partial charge in [-0.3, -0.25) is 0 Å². The maximum Gasteiger partial charge on any atom is 0.269 e. The number of rotatable bonds is 3. The van der Waals surface area contributed by atoms with Gasteiger partial charge in [-0.25, -0.2) is 17.4 Å². The maximum atomic E-state index is 13.2. The molecule has 5 heteroatoms. The van der Waals surface area contributed by atoms with E-state index in [1.54, 1.807) is 36.4 Å². The van der Waals surface area contributed by atoms with Crippen molar-refractivity contribution in [2.24, 2.45) is 0 Å². The molecule has 0 N–H and O–H groups in total. The summed E-state index contributed by atoms with van der Waals surface area (Å²) in [7, 11) is -3.75. The van der Waals surface area contributed by atoms with Crippen molar-refractivity contribution in [1.29, 1.82) is 0 Å². The van der Waals surface area contributed by atoms with Crippen molar-refractivity contribution < 1.29 is 8.42 Å². The van der Waals surface area contributed by atoms with Crippen LogP contribution in [-0.2, 0) is 10.0 Å². The third-order valence-electron chi connectivity index (χ3n) is 3.83. The lowest BCUT2D eigenvalue weighted by Crippen LogP contribution is -2.14. The van der Waals surface area contributed by atoms with Crippen molar-refractivity contribution in [2.45, 2.75) is 4.90 Å². The third-order valence-corrected chi connectivity index (χ3v) is 5.55. The van der Waals surface area contributed by atoms with Crippen LogP contribution >= 0.6 is 0 Å². The molecule has 0 unspecified atom stereocenters. The Morgan fingerprint density at radius 2 is 1.29 bits per heavy atom. The highest BCUT2D eigenvalue weighted by molar-refractivity contribution is 7.90. The molecule has 0 spiro atoms. The average molecular weight is 334 g/mol. The average Bonchev–Trinajstić information content (AvgIpc) is 3.03. The van der Waals surface area contributed by atoms with Gasteiger partial charge < -0.3 is 0 Å². The van der Waals surface area contributed by atoms with Crippen molar-refractivity contribution in [3.8, 4) is 11.4 Å². The number of para-hydroxylation sites is 2.